The Balaban J connectivity index is 2.38. The lowest BCUT2D eigenvalue weighted by atomic mass is 10.3. The van der Waals surface area contributed by atoms with Crippen LogP contribution in [0.25, 0.3) is 17.1 Å². The topological polar surface area (TPSA) is 50.8 Å². The molecule has 3 heterocycles. The monoisotopic (exact) mass is 255 g/mol. The maximum absolute atomic E-state index is 11.3. The number of hydrogen-bond acceptors (Lipinski definition) is 4. The van der Waals surface area contributed by atoms with Gasteiger partial charge in [0.1, 0.15) is 5.69 Å². The van der Waals surface area contributed by atoms with Gasteiger partial charge in [0.25, 0.3) is 0 Å². The van der Waals surface area contributed by atoms with Gasteiger partial charge in [-0.15, -0.1) is 0 Å². The van der Waals surface area contributed by atoms with Crippen LogP contribution in [-0.4, -0.2) is 29.8 Å². The van der Waals surface area contributed by atoms with Gasteiger partial charge in [0, 0.05) is 20.3 Å². The summed E-state index contributed by atoms with van der Waals surface area (Å²) in [6, 6.07) is 7.50. The average molecular weight is 255 g/mol. The van der Waals surface area contributed by atoms with Crippen LogP contribution in [0.2, 0.25) is 0 Å². The van der Waals surface area contributed by atoms with Crippen LogP contribution in [0.3, 0.4) is 0 Å². The number of aromatic nitrogens is 2. The SMILES string of the molecule is CN(C)c1cccn2c(-c3ccco3)nc(C=O)c12. The van der Waals surface area contributed by atoms with Crippen molar-refractivity contribution in [3.05, 3.63) is 42.4 Å². The summed E-state index contributed by atoms with van der Waals surface area (Å²) in [5.41, 5.74) is 2.14. The van der Waals surface area contributed by atoms with E-state index in [0.29, 0.717) is 17.3 Å². The number of hydrogen-bond donors (Lipinski definition) is 0. The van der Waals surface area contributed by atoms with E-state index in [-0.39, 0.29) is 0 Å². The molecule has 0 N–H and O–H groups in total. The number of imidazole rings is 1. The van der Waals surface area contributed by atoms with E-state index >= 15 is 0 Å². The molecule has 0 atom stereocenters. The standard InChI is InChI=1S/C14H13N3O2/c1-16(2)11-5-3-7-17-13(11)10(9-18)15-14(17)12-6-4-8-19-12/h3-9H,1-2H3. The highest BCUT2D eigenvalue weighted by molar-refractivity contribution is 5.92. The molecule has 3 aromatic heterocycles. The zero-order valence-corrected chi connectivity index (χ0v) is 10.7. The summed E-state index contributed by atoms with van der Waals surface area (Å²) in [6.07, 6.45) is 4.24. The lowest BCUT2D eigenvalue weighted by molar-refractivity contribution is 0.112. The van der Waals surface area contributed by atoms with Gasteiger partial charge in [0.15, 0.2) is 17.9 Å². The highest BCUT2D eigenvalue weighted by Gasteiger charge is 2.17. The van der Waals surface area contributed by atoms with Gasteiger partial charge in [0.2, 0.25) is 0 Å². The van der Waals surface area contributed by atoms with E-state index in [1.54, 1.807) is 12.3 Å². The molecule has 5 heteroatoms. The first-order chi connectivity index (χ1) is 9.22. The zero-order valence-electron chi connectivity index (χ0n) is 10.7. The minimum absolute atomic E-state index is 0.413. The van der Waals surface area contributed by atoms with Crippen LogP contribution < -0.4 is 4.90 Å². The van der Waals surface area contributed by atoms with E-state index < -0.39 is 0 Å². The van der Waals surface area contributed by atoms with Gasteiger partial charge < -0.3 is 9.32 Å². The molecule has 0 unspecified atom stereocenters. The predicted octanol–water partition coefficient (Wildman–Crippen LogP) is 2.47. The number of pyridine rings is 1. The minimum Gasteiger partial charge on any atom is -0.461 e. The van der Waals surface area contributed by atoms with Crippen molar-refractivity contribution in [3.8, 4) is 11.6 Å². The Kier molecular flexibility index (Phi) is 2.59. The second-order valence-electron chi connectivity index (χ2n) is 4.42. The predicted molar refractivity (Wildman–Crippen MR) is 72.6 cm³/mol. The Morgan fingerprint density at radius 3 is 2.79 bits per heavy atom. The fourth-order valence-electron chi connectivity index (χ4n) is 2.17. The highest BCUT2D eigenvalue weighted by Crippen LogP contribution is 2.28. The van der Waals surface area contributed by atoms with Gasteiger partial charge in [-0.3, -0.25) is 9.20 Å². The van der Waals surface area contributed by atoms with E-state index in [1.807, 2.05) is 47.8 Å². The fraction of sp³-hybridized carbons (Fsp3) is 0.143. The van der Waals surface area contributed by atoms with E-state index in [2.05, 4.69) is 4.98 Å². The smallest absolute Gasteiger partial charge is 0.181 e. The number of fused-ring (bicyclic) bond motifs is 1. The van der Waals surface area contributed by atoms with E-state index in [0.717, 1.165) is 17.5 Å². The summed E-state index contributed by atoms with van der Waals surface area (Å²) in [4.78, 5) is 17.6. The minimum atomic E-state index is 0.413. The largest absolute Gasteiger partial charge is 0.461 e. The number of furan rings is 1. The molecule has 0 fully saturated rings. The van der Waals surface area contributed by atoms with Gasteiger partial charge >= 0.3 is 0 Å². The molecule has 0 radical (unpaired) electrons. The molecule has 0 spiro atoms. The molecule has 5 nitrogen and oxygen atoms in total. The van der Waals surface area contributed by atoms with Gasteiger partial charge in [-0.1, -0.05) is 0 Å². The summed E-state index contributed by atoms with van der Waals surface area (Å²) < 4.78 is 7.25. The Bertz CT molecular complexity index is 727. The van der Waals surface area contributed by atoms with Crippen molar-refractivity contribution in [1.82, 2.24) is 9.38 Å². The fourth-order valence-corrected chi connectivity index (χ4v) is 2.17. The first-order valence-corrected chi connectivity index (χ1v) is 5.90. The molecule has 19 heavy (non-hydrogen) atoms. The number of nitrogens with zero attached hydrogens (tertiary/aromatic N) is 3. The molecule has 3 aromatic rings. The van der Waals surface area contributed by atoms with Crippen molar-refractivity contribution in [2.75, 3.05) is 19.0 Å². The summed E-state index contributed by atoms with van der Waals surface area (Å²) in [7, 11) is 3.87. The van der Waals surface area contributed by atoms with Gasteiger partial charge in [0.05, 0.1) is 17.5 Å². The molecular weight excluding hydrogens is 242 g/mol. The van der Waals surface area contributed by atoms with Crippen LogP contribution >= 0.6 is 0 Å². The maximum atomic E-state index is 11.3. The third-order valence-corrected chi connectivity index (χ3v) is 3.00. The van der Waals surface area contributed by atoms with Gasteiger partial charge in [-0.2, -0.15) is 0 Å². The number of aldehydes is 1. The molecule has 0 aliphatic rings. The van der Waals surface area contributed by atoms with Crippen molar-refractivity contribution in [2.45, 2.75) is 0 Å². The Morgan fingerprint density at radius 2 is 2.16 bits per heavy atom. The summed E-state index contributed by atoms with van der Waals surface area (Å²) in [5, 5.41) is 0. The molecule has 0 saturated carbocycles. The van der Waals surface area contributed by atoms with Crippen molar-refractivity contribution in [2.24, 2.45) is 0 Å². The molecule has 3 rings (SSSR count). The zero-order chi connectivity index (χ0) is 13.4. The number of carbonyl (C=O) groups is 1. The lowest BCUT2D eigenvalue weighted by Gasteiger charge is -2.14. The third-order valence-electron chi connectivity index (χ3n) is 3.00. The van der Waals surface area contributed by atoms with Gasteiger partial charge in [-0.05, 0) is 24.3 Å². The Morgan fingerprint density at radius 1 is 1.32 bits per heavy atom. The second-order valence-corrected chi connectivity index (χ2v) is 4.42. The summed E-state index contributed by atoms with van der Waals surface area (Å²) >= 11 is 0. The Labute approximate surface area is 110 Å². The van der Waals surface area contributed by atoms with Crippen molar-refractivity contribution < 1.29 is 9.21 Å². The molecule has 0 aliphatic carbocycles. The van der Waals surface area contributed by atoms with Crippen LogP contribution in [0, 0.1) is 0 Å². The van der Waals surface area contributed by atoms with E-state index in [1.165, 1.54) is 0 Å². The highest BCUT2D eigenvalue weighted by atomic mass is 16.3. The first-order valence-electron chi connectivity index (χ1n) is 5.90. The second kappa shape index (κ2) is 4.28. The summed E-state index contributed by atoms with van der Waals surface area (Å²) in [6.45, 7) is 0. The number of carbonyl (C=O) groups excluding carboxylic acids is 1. The molecule has 0 saturated heterocycles. The quantitative estimate of drug-likeness (QED) is 0.675. The van der Waals surface area contributed by atoms with Crippen LogP contribution in [0.1, 0.15) is 10.5 Å². The average Bonchev–Trinajstić information content (AvgIpc) is 3.04. The molecule has 96 valence electrons. The van der Waals surface area contributed by atoms with Crippen LogP contribution in [0.15, 0.2) is 41.1 Å². The Hall–Kier alpha value is -2.56. The molecule has 0 bridgehead atoms. The van der Waals surface area contributed by atoms with Crippen molar-refractivity contribution >= 4 is 17.5 Å². The number of anilines is 1. The van der Waals surface area contributed by atoms with Crippen LogP contribution in [0.4, 0.5) is 5.69 Å². The summed E-state index contributed by atoms with van der Waals surface area (Å²) in [5.74, 6) is 1.27. The molecular formula is C14H13N3O2. The maximum Gasteiger partial charge on any atom is 0.181 e. The molecule has 0 aromatic carbocycles. The lowest BCUT2D eigenvalue weighted by Crippen LogP contribution is -2.10. The third kappa shape index (κ3) is 1.71. The number of rotatable bonds is 3. The van der Waals surface area contributed by atoms with Gasteiger partial charge in [-0.25, -0.2) is 4.98 Å². The van der Waals surface area contributed by atoms with E-state index in [4.69, 9.17) is 4.42 Å². The first kappa shape index (κ1) is 11.5. The van der Waals surface area contributed by atoms with Crippen LogP contribution in [-0.2, 0) is 0 Å². The molecule has 0 amide bonds. The van der Waals surface area contributed by atoms with Crippen LogP contribution in [0.5, 0.6) is 0 Å². The van der Waals surface area contributed by atoms with Crippen molar-refractivity contribution in [1.29, 1.82) is 0 Å². The molecule has 0 aliphatic heterocycles. The van der Waals surface area contributed by atoms with E-state index in [9.17, 15) is 4.79 Å². The normalized spacial score (nSPS) is 10.8. The van der Waals surface area contributed by atoms with Crippen molar-refractivity contribution in [3.63, 3.8) is 0 Å².